The molecule has 2 rings (SSSR count). The second-order valence-corrected chi connectivity index (χ2v) is 5.34. The van der Waals surface area contributed by atoms with Crippen LogP contribution in [-0.4, -0.2) is 43.2 Å². The van der Waals surface area contributed by atoms with E-state index in [9.17, 15) is 18.0 Å². The summed E-state index contributed by atoms with van der Waals surface area (Å²) in [6.45, 7) is 2.35. The third-order valence-corrected chi connectivity index (χ3v) is 4.15. The van der Waals surface area contributed by atoms with Crippen LogP contribution in [0.25, 0.3) is 0 Å². The Morgan fingerprint density at radius 2 is 2.00 bits per heavy atom. The van der Waals surface area contributed by atoms with Gasteiger partial charge in [-0.3, -0.25) is 4.79 Å². The van der Waals surface area contributed by atoms with Gasteiger partial charge in [0.2, 0.25) is 5.91 Å². The number of piperidine rings is 1. The molecule has 1 amide bonds. The molecule has 1 atom stereocenters. The van der Waals surface area contributed by atoms with Crippen molar-refractivity contribution in [3.8, 4) is 0 Å². The lowest BCUT2D eigenvalue weighted by molar-refractivity contribution is -0.162. The lowest BCUT2D eigenvalue weighted by atomic mass is 9.91. The summed E-state index contributed by atoms with van der Waals surface area (Å²) in [4.78, 5) is 13.0. The molecule has 18 heavy (non-hydrogen) atoms. The van der Waals surface area contributed by atoms with Gasteiger partial charge in [0.25, 0.3) is 0 Å². The first-order valence-corrected chi connectivity index (χ1v) is 6.44. The van der Waals surface area contributed by atoms with Crippen LogP contribution in [0, 0.1) is 11.3 Å². The molecule has 104 valence electrons. The summed E-state index contributed by atoms with van der Waals surface area (Å²) in [7, 11) is 0. The molecule has 1 saturated carbocycles. The first kappa shape index (κ1) is 13.6. The number of carbonyl (C=O) groups is 1. The summed E-state index contributed by atoms with van der Waals surface area (Å²) in [6, 6.07) is 0. The third-order valence-electron chi connectivity index (χ3n) is 4.15. The standard InChI is InChI=1S/C12H19F3N2O/c1-2-17(8-12(13,14)15)10(18)9-7-11(9)3-5-16-6-4-11/h9,16H,2-8H2,1H3/t9-/m0/s1. The summed E-state index contributed by atoms with van der Waals surface area (Å²) >= 11 is 0. The molecule has 1 saturated heterocycles. The lowest BCUT2D eigenvalue weighted by Gasteiger charge is -2.26. The molecule has 1 aliphatic carbocycles. The van der Waals surface area contributed by atoms with Crippen LogP contribution in [-0.2, 0) is 4.79 Å². The van der Waals surface area contributed by atoms with Crippen molar-refractivity contribution < 1.29 is 18.0 Å². The Hall–Kier alpha value is -0.780. The van der Waals surface area contributed by atoms with Crippen LogP contribution in [0.3, 0.4) is 0 Å². The number of alkyl halides is 3. The van der Waals surface area contributed by atoms with Gasteiger partial charge >= 0.3 is 6.18 Å². The fraction of sp³-hybridized carbons (Fsp3) is 0.917. The maximum atomic E-state index is 12.4. The van der Waals surface area contributed by atoms with Crippen molar-refractivity contribution in [1.29, 1.82) is 0 Å². The van der Waals surface area contributed by atoms with E-state index >= 15 is 0 Å². The van der Waals surface area contributed by atoms with Gasteiger partial charge in [0.05, 0.1) is 0 Å². The molecule has 0 radical (unpaired) electrons. The van der Waals surface area contributed by atoms with Crippen molar-refractivity contribution in [2.75, 3.05) is 26.2 Å². The van der Waals surface area contributed by atoms with Crippen LogP contribution in [0.4, 0.5) is 13.2 Å². The Kier molecular flexibility index (Phi) is 3.58. The molecule has 1 N–H and O–H groups in total. The number of nitrogens with zero attached hydrogens (tertiary/aromatic N) is 1. The SMILES string of the molecule is CCN(CC(F)(F)F)C(=O)[C@@H]1CC12CCNCC2. The quantitative estimate of drug-likeness (QED) is 0.843. The van der Waals surface area contributed by atoms with Gasteiger partial charge in [0.15, 0.2) is 0 Å². The van der Waals surface area contributed by atoms with E-state index in [0.717, 1.165) is 37.3 Å². The van der Waals surface area contributed by atoms with Crippen molar-refractivity contribution in [2.45, 2.75) is 32.4 Å². The van der Waals surface area contributed by atoms with E-state index < -0.39 is 12.7 Å². The van der Waals surface area contributed by atoms with E-state index in [-0.39, 0.29) is 23.8 Å². The zero-order valence-corrected chi connectivity index (χ0v) is 10.5. The highest BCUT2D eigenvalue weighted by molar-refractivity contribution is 5.82. The van der Waals surface area contributed by atoms with Gasteiger partial charge in [0.1, 0.15) is 6.54 Å². The maximum absolute atomic E-state index is 12.4. The first-order valence-electron chi connectivity index (χ1n) is 6.44. The van der Waals surface area contributed by atoms with Gasteiger partial charge in [-0.15, -0.1) is 0 Å². The highest BCUT2D eigenvalue weighted by Crippen LogP contribution is 2.59. The number of hydrogen-bond acceptors (Lipinski definition) is 2. The van der Waals surface area contributed by atoms with Gasteiger partial charge in [-0.2, -0.15) is 13.2 Å². The minimum absolute atomic E-state index is 0.00134. The van der Waals surface area contributed by atoms with Gasteiger partial charge < -0.3 is 10.2 Å². The summed E-state index contributed by atoms with van der Waals surface area (Å²) in [5.74, 6) is -0.487. The Morgan fingerprint density at radius 3 is 2.50 bits per heavy atom. The average Bonchev–Trinajstić information content (AvgIpc) is 2.98. The second-order valence-electron chi connectivity index (χ2n) is 5.34. The number of halogens is 3. The van der Waals surface area contributed by atoms with Crippen molar-refractivity contribution in [3.63, 3.8) is 0 Å². The van der Waals surface area contributed by atoms with E-state index in [0.29, 0.717) is 0 Å². The molecule has 6 heteroatoms. The van der Waals surface area contributed by atoms with E-state index in [1.54, 1.807) is 6.92 Å². The van der Waals surface area contributed by atoms with Crippen LogP contribution in [0.15, 0.2) is 0 Å². The fourth-order valence-corrected chi connectivity index (χ4v) is 2.96. The maximum Gasteiger partial charge on any atom is 0.406 e. The van der Waals surface area contributed by atoms with Crippen LogP contribution in [0.5, 0.6) is 0 Å². The molecule has 0 aromatic rings. The normalized spacial score (nSPS) is 26.1. The van der Waals surface area contributed by atoms with Crippen LogP contribution >= 0.6 is 0 Å². The minimum atomic E-state index is -4.30. The predicted molar refractivity (Wildman–Crippen MR) is 61.0 cm³/mol. The molecule has 1 spiro atoms. The highest BCUT2D eigenvalue weighted by atomic mass is 19.4. The fourth-order valence-electron chi connectivity index (χ4n) is 2.96. The van der Waals surface area contributed by atoms with E-state index in [1.165, 1.54) is 0 Å². The topological polar surface area (TPSA) is 32.3 Å². The smallest absolute Gasteiger partial charge is 0.334 e. The monoisotopic (exact) mass is 264 g/mol. The molecular weight excluding hydrogens is 245 g/mol. The predicted octanol–water partition coefficient (Wildman–Crippen LogP) is 1.79. The molecule has 1 heterocycles. The van der Waals surface area contributed by atoms with Crippen molar-refractivity contribution in [1.82, 2.24) is 10.2 Å². The summed E-state index contributed by atoms with van der Waals surface area (Å²) < 4.78 is 37.1. The Bertz CT molecular complexity index is 324. The lowest BCUT2D eigenvalue weighted by Crippen LogP contribution is -2.41. The van der Waals surface area contributed by atoms with Crippen molar-refractivity contribution >= 4 is 5.91 Å². The molecule has 2 fully saturated rings. The molecule has 0 aromatic heterocycles. The van der Waals surface area contributed by atoms with Gasteiger partial charge in [-0.25, -0.2) is 0 Å². The summed E-state index contributed by atoms with van der Waals surface area (Å²) in [5, 5.41) is 3.22. The zero-order chi connectivity index (χ0) is 13.4. The third kappa shape index (κ3) is 2.79. The first-order chi connectivity index (χ1) is 8.38. The second kappa shape index (κ2) is 4.72. The summed E-state index contributed by atoms with van der Waals surface area (Å²) in [6.07, 6.45) is -1.72. The number of rotatable bonds is 3. The molecule has 0 unspecified atom stereocenters. The number of nitrogens with one attached hydrogen (secondary N) is 1. The number of amides is 1. The van der Waals surface area contributed by atoms with E-state index in [4.69, 9.17) is 0 Å². The summed E-state index contributed by atoms with van der Waals surface area (Å²) in [5.41, 5.74) is 0.00134. The Morgan fingerprint density at radius 1 is 1.39 bits per heavy atom. The minimum Gasteiger partial charge on any atom is -0.334 e. The van der Waals surface area contributed by atoms with Crippen molar-refractivity contribution in [3.05, 3.63) is 0 Å². The molecule has 0 aromatic carbocycles. The number of hydrogen-bond donors (Lipinski definition) is 1. The van der Waals surface area contributed by atoms with Crippen molar-refractivity contribution in [2.24, 2.45) is 11.3 Å². The van der Waals surface area contributed by atoms with Crippen LogP contribution in [0.1, 0.15) is 26.2 Å². The molecule has 3 nitrogen and oxygen atoms in total. The highest BCUT2D eigenvalue weighted by Gasteiger charge is 2.58. The Balaban J connectivity index is 1.95. The number of carbonyl (C=O) groups excluding carboxylic acids is 1. The Labute approximate surface area is 105 Å². The van der Waals surface area contributed by atoms with Crippen LogP contribution in [0.2, 0.25) is 0 Å². The van der Waals surface area contributed by atoms with Gasteiger partial charge in [-0.05, 0) is 44.7 Å². The molecular formula is C12H19F3N2O. The van der Waals surface area contributed by atoms with Gasteiger partial charge in [-0.1, -0.05) is 0 Å². The molecule has 2 aliphatic rings. The van der Waals surface area contributed by atoms with E-state index in [1.807, 2.05) is 0 Å². The largest absolute Gasteiger partial charge is 0.406 e. The van der Waals surface area contributed by atoms with Crippen LogP contribution < -0.4 is 5.32 Å². The molecule has 0 bridgehead atoms. The van der Waals surface area contributed by atoms with E-state index in [2.05, 4.69) is 5.32 Å². The average molecular weight is 264 g/mol. The van der Waals surface area contributed by atoms with Gasteiger partial charge in [0, 0.05) is 12.5 Å². The zero-order valence-electron chi connectivity index (χ0n) is 10.5. The molecule has 1 aliphatic heterocycles.